The summed E-state index contributed by atoms with van der Waals surface area (Å²) in [6.45, 7) is 0. The predicted octanol–water partition coefficient (Wildman–Crippen LogP) is 2.29. The van der Waals surface area contributed by atoms with Gasteiger partial charge in [0.15, 0.2) is 0 Å². The molecule has 0 heterocycles. The van der Waals surface area contributed by atoms with Gasteiger partial charge in [0.2, 0.25) is 0 Å². The number of hydrazine groups is 1. The van der Waals surface area contributed by atoms with E-state index in [1.165, 1.54) is 0 Å². The van der Waals surface area contributed by atoms with E-state index in [9.17, 15) is 4.79 Å². The van der Waals surface area contributed by atoms with Crippen LogP contribution < -0.4 is 16.2 Å². The van der Waals surface area contributed by atoms with Gasteiger partial charge in [0.25, 0.3) is 5.91 Å². The van der Waals surface area contributed by atoms with Crippen LogP contribution in [0.4, 0.5) is 11.4 Å². The lowest BCUT2D eigenvalue weighted by atomic mass is 10.1. The molecule has 4 nitrogen and oxygen atoms in total. The fourth-order valence-corrected chi connectivity index (χ4v) is 1.65. The third kappa shape index (κ3) is 2.87. The fraction of sp³-hybridized carbons (Fsp3) is 0.0714. The minimum absolute atomic E-state index is 0.170. The Bertz CT molecular complexity index is 526. The number of benzene rings is 2. The minimum Gasteiger partial charge on any atom is -0.355 e. The van der Waals surface area contributed by atoms with Crippen molar-refractivity contribution in [1.82, 2.24) is 10.9 Å². The van der Waals surface area contributed by atoms with E-state index in [-0.39, 0.29) is 5.91 Å². The van der Waals surface area contributed by atoms with E-state index in [4.69, 9.17) is 0 Å². The molecule has 0 spiro atoms. The molecule has 18 heavy (non-hydrogen) atoms. The smallest absolute Gasteiger partial charge is 0.267 e. The minimum atomic E-state index is -0.170. The molecule has 0 aliphatic carbocycles. The second-order valence-electron chi connectivity index (χ2n) is 3.74. The molecule has 0 saturated carbocycles. The highest BCUT2D eigenvalue weighted by Gasteiger charge is 2.09. The lowest BCUT2D eigenvalue weighted by molar-refractivity contribution is 0.0939. The van der Waals surface area contributed by atoms with E-state index in [0.717, 1.165) is 11.4 Å². The van der Waals surface area contributed by atoms with Gasteiger partial charge in [-0.3, -0.25) is 10.2 Å². The molecule has 92 valence electrons. The third-order valence-corrected chi connectivity index (χ3v) is 2.46. The van der Waals surface area contributed by atoms with Gasteiger partial charge in [0, 0.05) is 12.7 Å². The molecule has 0 bridgehead atoms. The van der Waals surface area contributed by atoms with Crippen molar-refractivity contribution in [3.63, 3.8) is 0 Å². The van der Waals surface area contributed by atoms with Crippen LogP contribution in [0.5, 0.6) is 0 Å². The first-order chi connectivity index (χ1) is 8.81. The Morgan fingerprint density at radius 2 is 1.61 bits per heavy atom. The number of rotatable bonds is 4. The molecule has 0 atom stereocenters. The van der Waals surface area contributed by atoms with Crippen molar-refractivity contribution >= 4 is 17.3 Å². The maximum absolute atomic E-state index is 11.8. The van der Waals surface area contributed by atoms with Crippen molar-refractivity contribution in [3.8, 4) is 0 Å². The first-order valence-corrected chi connectivity index (χ1v) is 5.69. The van der Waals surface area contributed by atoms with Gasteiger partial charge < -0.3 is 5.32 Å². The van der Waals surface area contributed by atoms with Crippen molar-refractivity contribution in [1.29, 1.82) is 0 Å². The number of hydrogen-bond donors (Lipinski definition) is 3. The first kappa shape index (κ1) is 12.1. The van der Waals surface area contributed by atoms with Gasteiger partial charge >= 0.3 is 0 Å². The van der Waals surface area contributed by atoms with Crippen LogP contribution in [-0.2, 0) is 0 Å². The highest BCUT2D eigenvalue weighted by Crippen LogP contribution is 2.20. The molecule has 0 radical (unpaired) electrons. The molecule has 0 aliphatic heterocycles. The third-order valence-electron chi connectivity index (χ3n) is 2.46. The number of carbonyl (C=O) groups is 1. The molecule has 2 aromatic carbocycles. The largest absolute Gasteiger partial charge is 0.355 e. The summed E-state index contributed by atoms with van der Waals surface area (Å²) in [7, 11) is 1.66. The summed E-state index contributed by atoms with van der Waals surface area (Å²) in [6.07, 6.45) is 0. The first-order valence-electron chi connectivity index (χ1n) is 5.69. The van der Waals surface area contributed by atoms with E-state index < -0.39 is 0 Å². The van der Waals surface area contributed by atoms with Crippen molar-refractivity contribution in [3.05, 3.63) is 60.2 Å². The number of amides is 1. The monoisotopic (exact) mass is 241 g/mol. The second-order valence-corrected chi connectivity index (χ2v) is 3.74. The lowest BCUT2D eigenvalue weighted by Crippen LogP contribution is -2.34. The summed E-state index contributed by atoms with van der Waals surface area (Å²) in [5, 5.41) is 3.22. The van der Waals surface area contributed by atoms with Crippen LogP contribution in [0.2, 0.25) is 0 Å². The van der Waals surface area contributed by atoms with E-state index in [2.05, 4.69) is 16.2 Å². The average molecular weight is 241 g/mol. The number of carbonyl (C=O) groups excluding carboxylic acids is 1. The van der Waals surface area contributed by atoms with Crippen molar-refractivity contribution in [2.24, 2.45) is 0 Å². The van der Waals surface area contributed by atoms with Gasteiger partial charge in [-0.15, -0.1) is 0 Å². The maximum Gasteiger partial charge on any atom is 0.267 e. The summed E-state index contributed by atoms with van der Waals surface area (Å²) in [4.78, 5) is 11.8. The van der Waals surface area contributed by atoms with Gasteiger partial charge in [-0.2, -0.15) is 0 Å². The van der Waals surface area contributed by atoms with Gasteiger partial charge in [-0.1, -0.05) is 30.3 Å². The van der Waals surface area contributed by atoms with Gasteiger partial charge in [-0.25, -0.2) is 5.43 Å². The molecular formula is C14H15N3O. The fourth-order valence-electron chi connectivity index (χ4n) is 1.65. The Morgan fingerprint density at radius 1 is 0.944 bits per heavy atom. The SMILES string of the molecule is CNNC(=O)c1ccccc1Nc1ccccc1. The molecule has 0 aliphatic rings. The molecule has 2 rings (SSSR count). The predicted molar refractivity (Wildman–Crippen MR) is 72.7 cm³/mol. The van der Waals surface area contributed by atoms with E-state index in [0.29, 0.717) is 5.56 Å². The molecule has 3 N–H and O–H groups in total. The molecule has 0 fully saturated rings. The topological polar surface area (TPSA) is 53.2 Å². The van der Waals surface area contributed by atoms with Crippen molar-refractivity contribution in [2.45, 2.75) is 0 Å². The number of para-hydroxylation sites is 2. The summed E-state index contributed by atoms with van der Waals surface area (Å²) in [6, 6.07) is 17.1. The lowest BCUT2D eigenvalue weighted by Gasteiger charge is -2.11. The Labute approximate surface area is 106 Å². The Morgan fingerprint density at radius 3 is 2.33 bits per heavy atom. The average Bonchev–Trinajstić information content (AvgIpc) is 2.41. The zero-order valence-corrected chi connectivity index (χ0v) is 10.1. The zero-order chi connectivity index (χ0) is 12.8. The van der Waals surface area contributed by atoms with Crippen LogP contribution in [0.1, 0.15) is 10.4 Å². The highest BCUT2D eigenvalue weighted by atomic mass is 16.2. The number of hydrogen-bond acceptors (Lipinski definition) is 3. The van der Waals surface area contributed by atoms with Crippen LogP contribution in [0.15, 0.2) is 54.6 Å². The molecule has 0 saturated heterocycles. The van der Waals surface area contributed by atoms with Gasteiger partial charge in [-0.05, 0) is 24.3 Å². The Balaban J connectivity index is 2.25. The van der Waals surface area contributed by atoms with Crippen LogP contribution in [0.3, 0.4) is 0 Å². The van der Waals surface area contributed by atoms with Crippen molar-refractivity contribution in [2.75, 3.05) is 12.4 Å². The summed E-state index contributed by atoms with van der Waals surface area (Å²) in [5.74, 6) is -0.170. The standard InChI is InChI=1S/C14H15N3O/c1-15-17-14(18)12-9-5-6-10-13(12)16-11-7-3-2-4-8-11/h2-10,15-16H,1H3,(H,17,18). The molecule has 1 amide bonds. The van der Waals surface area contributed by atoms with Crippen LogP contribution in [0, 0.1) is 0 Å². The van der Waals surface area contributed by atoms with Gasteiger partial charge in [0.1, 0.15) is 0 Å². The Kier molecular flexibility index (Phi) is 3.94. The normalized spacial score (nSPS) is 9.83. The van der Waals surface area contributed by atoms with Crippen LogP contribution in [0.25, 0.3) is 0 Å². The quantitative estimate of drug-likeness (QED) is 0.720. The second kappa shape index (κ2) is 5.84. The molecular weight excluding hydrogens is 226 g/mol. The summed E-state index contributed by atoms with van der Waals surface area (Å²) >= 11 is 0. The van der Waals surface area contributed by atoms with Gasteiger partial charge in [0.05, 0.1) is 11.3 Å². The van der Waals surface area contributed by atoms with E-state index in [1.807, 2.05) is 48.5 Å². The number of nitrogens with one attached hydrogen (secondary N) is 3. The molecule has 4 heteroatoms. The van der Waals surface area contributed by atoms with Crippen molar-refractivity contribution < 1.29 is 4.79 Å². The summed E-state index contributed by atoms with van der Waals surface area (Å²) < 4.78 is 0. The molecule has 0 aromatic heterocycles. The van der Waals surface area contributed by atoms with Crippen LogP contribution in [-0.4, -0.2) is 13.0 Å². The van der Waals surface area contributed by atoms with Crippen LogP contribution >= 0.6 is 0 Å². The molecule has 0 unspecified atom stereocenters. The maximum atomic E-state index is 11.8. The zero-order valence-electron chi connectivity index (χ0n) is 10.1. The number of anilines is 2. The summed E-state index contributed by atoms with van der Waals surface area (Å²) in [5.41, 5.74) is 7.50. The Hall–Kier alpha value is -2.33. The highest BCUT2D eigenvalue weighted by molar-refractivity contribution is 6.00. The van der Waals surface area contributed by atoms with E-state index >= 15 is 0 Å². The molecule has 2 aromatic rings. The van der Waals surface area contributed by atoms with E-state index in [1.54, 1.807) is 13.1 Å².